The van der Waals surface area contributed by atoms with Gasteiger partial charge in [-0.2, -0.15) is 11.6 Å². The minimum absolute atomic E-state index is 0. The second-order valence-electron chi connectivity index (χ2n) is 5.18. The molecule has 0 atom stereocenters. The molecule has 0 N–H and O–H groups in total. The number of hydrogen-bond donors (Lipinski definition) is 0. The van der Waals surface area contributed by atoms with Crippen LogP contribution < -0.4 is 37.2 Å². The quantitative estimate of drug-likeness (QED) is 0.351. The van der Waals surface area contributed by atoms with Crippen molar-refractivity contribution in [3.05, 3.63) is 42.0 Å². The van der Waals surface area contributed by atoms with Gasteiger partial charge in [0.25, 0.3) is 0 Å². The minimum atomic E-state index is -0.979. The van der Waals surface area contributed by atoms with Crippen molar-refractivity contribution in [2.45, 2.75) is 25.7 Å². The molecule has 0 nitrogen and oxygen atoms in total. The molecule has 0 saturated heterocycles. The zero-order valence-corrected chi connectivity index (χ0v) is 16.5. The van der Waals surface area contributed by atoms with Gasteiger partial charge in [-0.1, -0.05) is 31.8 Å². The summed E-state index contributed by atoms with van der Waals surface area (Å²) in [5, 5.41) is 2.84. The fourth-order valence-electron chi connectivity index (χ4n) is 1.94. The Hall–Kier alpha value is 0.800. The third kappa shape index (κ3) is 6.30. The van der Waals surface area contributed by atoms with Gasteiger partial charge in [0.05, 0.1) is 0 Å². The van der Waals surface area contributed by atoms with Crippen LogP contribution in [-0.4, -0.2) is 8.07 Å². The van der Waals surface area contributed by atoms with Crippen LogP contribution in [0.4, 0.5) is 0 Å². The fourth-order valence-corrected chi connectivity index (χ4v) is 3.39. The molecule has 0 unspecified atom stereocenters. The zero-order valence-electron chi connectivity index (χ0n) is 10.8. The number of benzene rings is 1. The van der Waals surface area contributed by atoms with Crippen LogP contribution in [0.1, 0.15) is 5.56 Å². The van der Waals surface area contributed by atoms with Gasteiger partial charge >= 0.3 is 26.2 Å². The molecule has 0 aliphatic heterocycles. The van der Waals surface area contributed by atoms with Gasteiger partial charge in [-0.25, -0.2) is 0 Å². The first-order chi connectivity index (χ1) is 6.56. The van der Waals surface area contributed by atoms with Crippen LogP contribution in [0.5, 0.6) is 0 Å². The van der Waals surface area contributed by atoms with Crippen molar-refractivity contribution in [2.24, 2.45) is 0 Å². The van der Waals surface area contributed by atoms with Gasteiger partial charge in [-0.15, -0.1) is 35.0 Å². The maximum atomic E-state index is 2.43. The smallest absolute Gasteiger partial charge is 1.00 e. The van der Waals surface area contributed by atoms with E-state index in [-0.39, 0.29) is 63.4 Å². The molecule has 2 aromatic carbocycles. The third-order valence-corrected chi connectivity index (χ3v) is 3.93. The molecule has 0 radical (unpaired) electrons. The van der Waals surface area contributed by atoms with E-state index in [9.17, 15) is 0 Å². The van der Waals surface area contributed by atoms with E-state index < -0.39 is 8.07 Å². The molecule has 18 heavy (non-hydrogen) atoms. The van der Waals surface area contributed by atoms with Crippen molar-refractivity contribution in [1.82, 2.24) is 0 Å². The molecule has 0 aliphatic rings. The van der Waals surface area contributed by atoms with Gasteiger partial charge in [-0.05, 0) is 0 Å². The molecule has 0 heterocycles. The van der Waals surface area contributed by atoms with Crippen LogP contribution in [0, 0.1) is 0 Å². The number of hydrogen-bond acceptors (Lipinski definition) is 0. The summed E-state index contributed by atoms with van der Waals surface area (Å²) in [5.74, 6) is 0. The summed E-state index contributed by atoms with van der Waals surface area (Å²) in [6.07, 6.45) is 0. The molecule has 0 amide bonds. The summed E-state index contributed by atoms with van der Waals surface area (Å²) in [5.41, 5.74) is 1.54. The van der Waals surface area contributed by atoms with Crippen molar-refractivity contribution in [3.63, 3.8) is 0 Å². The van der Waals surface area contributed by atoms with Crippen LogP contribution in [0.2, 0.25) is 19.6 Å². The number of rotatable bonds is 2. The van der Waals surface area contributed by atoms with Gasteiger partial charge in [0.15, 0.2) is 0 Å². The SMILES string of the molecule is C[Si](C)(C)Cc1c[cH-]c2ccccc12.[Cl-].[Cl-].[Cl-].[Zr+4]. The molecule has 0 bridgehead atoms. The van der Waals surface area contributed by atoms with Crippen molar-refractivity contribution in [3.8, 4) is 0 Å². The Morgan fingerprint density at radius 3 is 2.11 bits per heavy atom. The molecule has 5 heteroatoms. The van der Waals surface area contributed by atoms with Crippen molar-refractivity contribution in [1.29, 1.82) is 0 Å². The molecular weight excluding hydrogens is 382 g/mol. The summed E-state index contributed by atoms with van der Waals surface area (Å²) >= 11 is 0. The van der Waals surface area contributed by atoms with E-state index in [0.717, 1.165) is 0 Å². The molecule has 0 aliphatic carbocycles. The van der Waals surface area contributed by atoms with E-state index in [1.165, 1.54) is 16.8 Å². The summed E-state index contributed by atoms with van der Waals surface area (Å²) in [4.78, 5) is 0. The summed E-state index contributed by atoms with van der Waals surface area (Å²) in [7, 11) is -0.979. The second kappa shape index (κ2) is 9.66. The first kappa shape index (κ1) is 23.9. The Balaban J connectivity index is -0.000000562. The average molecular weight is 399 g/mol. The van der Waals surface area contributed by atoms with Gasteiger partial charge in [0, 0.05) is 8.07 Å². The van der Waals surface area contributed by atoms with Crippen molar-refractivity contribution >= 4 is 18.8 Å². The van der Waals surface area contributed by atoms with Crippen LogP contribution in [-0.2, 0) is 32.2 Å². The van der Waals surface area contributed by atoms with Gasteiger partial charge < -0.3 is 37.2 Å². The zero-order chi connectivity index (χ0) is 10.2. The van der Waals surface area contributed by atoms with Crippen molar-refractivity contribution in [2.75, 3.05) is 0 Å². The van der Waals surface area contributed by atoms with Gasteiger partial charge in [0.2, 0.25) is 0 Å². The molecule has 98 valence electrons. The average Bonchev–Trinajstić information content (AvgIpc) is 2.47. The van der Waals surface area contributed by atoms with Crippen LogP contribution in [0.3, 0.4) is 0 Å². The maximum absolute atomic E-state index is 2.43. The standard InChI is InChI=1S/C13H17Si.3ClH.Zr/c1-14(2,3)10-12-9-8-11-6-4-5-7-13(11)12;;;;/h4-9H,10H2,1-3H3;3*1H;/q-1;;;;+4/p-3. The minimum Gasteiger partial charge on any atom is -1.00 e. The summed E-state index contributed by atoms with van der Waals surface area (Å²) in [6, 6.07) is 14.5. The first-order valence-corrected chi connectivity index (χ1v) is 8.90. The summed E-state index contributed by atoms with van der Waals surface area (Å²) in [6.45, 7) is 7.28. The third-order valence-electron chi connectivity index (χ3n) is 2.49. The monoisotopic (exact) mass is 396 g/mol. The Morgan fingerprint density at radius 2 is 1.56 bits per heavy atom. The van der Waals surface area contributed by atoms with Gasteiger partial charge in [0.1, 0.15) is 0 Å². The molecule has 0 aromatic heterocycles. The van der Waals surface area contributed by atoms with E-state index in [1.807, 2.05) is 0 Å². The molecule has 2 aromatic rings. The summed E-state index contributed by atoms with van der Waals surface area (Å²) < 4.78 is 0. The maximum Gasteiger partial charge on any atom is 4.00 e. The van der Waals surface area contributed by atoms with E-state index in [1.54, 1.807) is 5.56 Å². The molecule has 0 fully saturated rings. The Labute approximate surface area is 149 Å². The Bertz CT molecular complexity index is 449. The molecular formula is C13H17Cl3SiZr. The Kier molecular flexibility index (Phi) is 12.8. The van der Waals surface area contributed by atoms with Crippen LogP contribution in [0.15, 0.2) is 36.4 Å². The predicted octanol–water partition coefficient (Wildman–Crippen LogP) is -5.01. The van der Waals surface area contributed by atoms with Crippen molar-refractivity contribution < 1.29 is 63.4 Å². The normalized spacial score (nSPS) is 9.50. The molecule has 0 spiro atoms. The van der Waals surface area contributed by atoms with E-state index >= 15 is 0 Å². The molecule has 2 rings (SSSR count). The largest absolute Gasteiger partial charge is 4.00 e. The van der Waals surface area contributed by atoms with E-state index in [2.05, 4.69) is 56.0 Å². The van der Waals surface area contributed by atoms with Crippen LogP contribution >= 0.6 is 0 Å². The number of halogens is 3. The first-order valence-electron chi connectivity index (χ1n) is 5.20. The van der Waals surface area contributed by atoms with E-state index in [0.29, 0.717) is 0 Å². The second-order valence-corrected chi connectivity index (χ2v) is 10.7. The van der Waals surface area contributed by atoms with Gasteiger partial charge in [-0.3, -0.25) is 0 Å². The van der Waals surface area contributed by atoms with Crippen LogP contribution in [0.25, 0.3) is 10.8 Å². The fraction of sp³-hybridized carbons (Fsp3) is 0.308. The van der Waals surface area contributed by atoms with E-state index in [4.69, 9.17) is 0 Å². The Morgan fingerprint density at radius 1 is 1.00 bits per heavy atom. The topological polar surface area (TPSA) is 0 Å². The predicted molar refractivity (Wildman–Crippen MR) is 66.6 cm³/mol. The number of fused-ring (bicyclic) bond motifs is 1. The molecule has 0 saturated carbocycles.